The SMILES string of the molecule is CC(C)N1CCN(c2ccc([N+](=O)[O-])c3c2CN(C)C3=O)CC1. The number of carbonyl (C=O) groups excluding carboxylic acids is 1. The predicted molar refractivity (Wildman–Crippen MR) is 87.8 cm³/mol. The Kier molecular flexibility index (Phi) is 3.97. The molecule has 7 nitrogen and oxygen atoms in total. The van der Waals surface area contributed by atoms with E-state index in [1.54, 1.807) is 18.0 Å². The van der Waals surface area contributed by atoms with Gasteiger partial charge in [-0.15, -0.1) is 0 Å². The van der Waals surface area contributed by atoms with Gasteiger partial charge in [-0.1, -0.05) is 0 Å². The van der Waals surface area contributed by atoms with Gasteiger partial charge in [-0.05, 0) is 19.9 Å². The number of anilines is 1. The molecular weight excluding hydrogens is 296 g/mol. The van der Waals surface area contributed by atoms with Gasteiger partial charge in [0, 0.05) is 63.1 Å². The number of nitro groups is 1. The number of piperazine rings is 1. The van der Waals surface area contributed by atoms with Crippen LogP contribution in [0.25, 0.3) is 0 Å². The number of amides is 1. The van der Waals surface area contributed by atoms with Crippen molar-refractivity contribution in [1.82, 2.24) is 9.80 Å². The van der Waals surface area contributed by atoms with Crippen LogP contribution in [-0.2, 0) is 6.54 Å². The van der Waals surface area contributed by atoms with Crippen molar-refractivity contribution >= 4 is 17.3 Å². The van der Waals surface area contributed by atoms with Gasteiger partial charge in [-0.3, -0.25) is 19.8 Å². The fourth-order valence-electron chi connectivity index (χ4n) is 3.45. The maximum Gasteiger partial charge on any atom is 0.282 e. The van der Waals surface area contributed by atoms with E-state index >= 15 is 0 Å². The Morgan fingerprint density at radius 3 is 2.39 bits per heavy atom. The second-order valence-electron chi connectivity index (χ2n) is 6.49. The molecule has 0 radical (unpaired) electrons. The zero-order chi connectivity index (χ0) is 16.7. The lowest BCUT2D eigenvalue weighted by atomic mass is 10.0. The van der Waals surface area contributed by atoms with Crippen LogP contribution in [0.2, 0.25) is 0 Å². The van der Waals surface area contributed by atoms with Crippen LogP contribution >= 0.6 is 0 Å². The van der Waals surface area contributed by atoms with Gasteiger partial charge < -0.3 is 9.80 Å². The number of nitro benzene ring substituents is 1. The third-order valence-electron chi connectivity index (χ3n) is 4.80. The Morgan fingerprint density at radius 1 is 1.17 bits per heavy atom. The number of nitrogens with zero attached hydrogens (tertiary/aromatic N) is 4. The van der Waals surface area contributed by atoms with Crippen molar-refractivity contribution in [3.05, 3.63) is 33.4 Å². The molecule has 0 atom stereocenters. The quantitative estimate of drug-likeness (QED) is 0.627. The second kappa shape index (κ2) is 5.81. The first-order valence-corrected chi connectivity index (χ1v) is 7.95. The molecule has 0 unspecified atom stereocenters. The molecule has 0 N–H and O–H groups in total. The van der Waals surface area contributed by atoms with Gasteiger partial charge >= 0.3 is 0 Å². The molecular formula is C16H22N4O3. The maximum atomic E-state index is 12.3. The number of rotatable bonds is 3. The lowest BCUT2D eigenvalue weighted by molar-refractivity contribution is -0.385. The Morgan fingerprint density at radius 2 is 1.83 bits per heavy atom. The molecule has 0 saturated carbocycles. The molecule has 0 bridgehead atoms. The van der Waals surface area contributed by atoms with Crippen LogP contribution in [0.15, 0.2) is 12.1 Å². The molecule has 2 aliphatic rings. The van der Waals surface area contributed by atoms with Crippen LogP contribution in [0, 0.1) is 10.1 Å². The molecule has 0 aliphatic carbocycles. The number of carbonyl (C=O) groups is 1. The summed E-state index contributed by atoms with van der Waals surface area (Å²) in [6, 6.07) is 3.79. The average Bonchev–Trinajstić information content (AvgIpc) is 2.82. The smallest absolute Gasteiger partial charge is 0.282 e. The molecule has 1 fully saturated rings. The van der Waals surface area contributed by atoms with Crippen molar-refractivity contribution in [2.45, 2.75) is 26.4 Å². The third kappa shape index (κ3) is 2.65. The molecule has 2 heterocycles. The third-order valence-corrected chi connectivity index (χ3v) is 4.80. The molecule has 1 aromatic rings. The van der Waals surface area contributed by atoms with E-state index in [1.807, 2.05) is 0 Å². The van der Waals surface area contributed by atoms with Crippen molar-refractivity contribution in [2.75, 3.05) is 38.1 Å². The lowest BCUT2D eigenvalue weighted by Crippen LogP contribution is -2.49. The molecule has 7 heteroatoms. The van der Waals surface area contributed by atoms with E-state index in [1.165, 1.54) is 6.07 Å². The summed E-state index contributed by atoms with van der Waals surface area (Å²) in [6.07, 6.45) is 0. The molecule has 1 aromatic carbocycles. The van der Waals surface area contributed by atoms with Crippen molar-refractivity contribution in [3.8, 4) is 0 Å². The highest BCUT2D eigenvalue weighted by atomic mass is 16.6. The van der Waals surface area contributed by atoms with Crippen LogP contribution in [0.4, 0.5) is 11.4 Å². The highest BCUT2D eigenvalue weighted by Crippen LogP contribution is 2.37. The maximum absolute atomic E-state index is 12.3. The first-order valence-electron chi connectivity index (χ1n) is 7.95. The molecule has 0 aromatic heterocycles. The van der Waals surface area contributed by atoms with Gasteiger partial charge in [0.05, 0.1) is 4.92 Å². The van der Waals surface area contributed by atoms with E-state index in [9.17, 15) is 14.9 Å². The van der Waals surface area contributed by atoms with Crippen molar-refractivity contribution in [2.24, 2.45) is 0 Å². The van der Waals surface area contributed by atoms with Gasteiger partial charge in [0.1, 0.15) is 5.56 Å². The van der Waals surface area contributed by atoms with Crippen LogP contribution in [-0.4, -0.2) is 59.9 Å². The highest BCUT2D eigenvalue weighted by Gasteiger charge is 2.36. The summed E-state index contributed by atoms with van der Waals surface area (Å²) in [5.74, 6) is -0.255. The standard InChI is InChI=1S/C16H22N4O3/c1-11(2)18-6-8-19(9-7-18)13-4-5-14(20(22)23)15-12(13)10-17(3)16(15)21/h4-5,11H,6-10H2,1-3H3. The van der Waals surface area contributed by atoms with Gasteiger partial charge in [0.25, 0.3) is 11.6 Å². The minimum atomic E-state index is -0.462. The summed E-state index contributed by atoms with van der Waals surface area (Å²) in [5, 5.41) is 11.2. The topological polar surface area (TPSA) is 69.9 Å². The normalized spacial score (nSPS) is 18.7. The van der Waals surface area contributed by atoms with Gasteiger partial charge in [-0.25, -0.2) is 0 Å². The number of hydrogen-bond acceptors (Lipinski definition) is 5. The summed E-state index contributed by atoms with van der Waals surface area (Å²) < 4.78 is 0. The van der Waals surface area contributed by atoms with Crippen LogP contribution < -0.4 is 4.90 Å². The van der Waals surface area contributed by atoms with Gasteiger partial charge in [0.2, 0.25) is 0 Å². The van der Waals surface area contributed by atoms with E-state index in [0.717, 1.165) is 37.4 Å². The molecule has 3 rings (SSSR count). The van der Waals surface area contributed by atoms with E-state index in [2.05, 4.69) is 23.6 Å². The zero-order valence-electron chi connectivity index (χ0n) is 13.8. The van der Waals surface area contributed by atoms with Crippen molar-refractivity contribution < 1.29 is 9.72 Å². The lowest BCUT2D eigenvalue weighted by Gasteiger charge is -2.38. The average molecular weight is 318 g/mol. The summed E-state index contributed by atoms with van der Waals surface area (Å²) in [7, 11) is 1.69. The van der Waals surface area contributed by atoms with Crippen LogP contribution in [0.5, 0.6) is 0 Å². The van der Waals surface area contributed by atoms with Crippen molar-refractivity contribution in [1.29, 1.82) is 0 Å². The first-order chi connectivity index (χ1) is 10.9. The van der Waals surface area contributed by atoms with Crippen molar-refractivity contribution in [3.63, 3.8) is 0 Å². The zero-order valence-corrected chi connectivity index (χ0v) is 13.8. The highest BCUT2D eigenvalue weighted by molar-refractivity contribution is 6.03. The number of hydrogen-bond donors (Lipinski definition) is 0. The Labute approximate surface area is 135 Å². The molecule has 1 amide bonds. The van der Waals surface area contributed by atoms with Gasteiger partial charge in [-0.2, -0.15) is 0 Å². The Bertz CT molecular complexity index is 651. The van der Waals surface area contributed by atoms with E-state index in [0.29, 0.717) is 12.6 Å². The minimum absolute atomic E-state index is 0.0843. The predicted octanol–water partition coefficient (Wildman–Crippen LogP) is 1.71. The molecule has 23 heavy (non-hydrogen) atoms. The summed E-state index contributed by atoms with van der Waals surface area (Å²) in [5.41, 5.74) is 1.94. The molecule has 0 spiro atoms. The van der Waals surface area contributed by atoms with Crippen LogP contribution in [0.3, 0.4) is 0 Å². The Balaban J connectivity index is 1.94. The Hall–Kier alpha value is -2.15. The van der Waals surface area contributed by atoms with Crippen LogP contribution in [0.1, 0.15) is 29.8 Å². The van der Waals surface area contributed by atoms with E-state index in [4.69, 9.17) is 0 Å². The first kappa shape index (κ1) is 15.7. The van der Waals surface area contributed by atoms with E-state index < -0.39 is 4.92 Å². The fraction of sp³-hybridized carbons (Fsp3) is 0.562. The monoisotopic (exact) mass is 318 g/mol. The fourth-order valence-corrected chi connectivity index (χ4v) is 3.45. The number of benzene rings is 1. The molecule has 1 saturated heterocycles. The summed E-state index contributed by atoms with van der Waals surface area (Å²) in [4.78, 5) is 29.3. The van der Waals surface area contributed by atoms with E-state index in [-0.39, 0.29) is 17.2 Å². The summed E-state index contributed by atoms with van der Waals surface area (Å²) in [6.45, 7) is 8.50. The molecule has 124 valence electrons. The number of fused-ring (bicyclic) bond motifs is 1. The summed E-state index contributed by atoms with van der Waals surface area (Å²) >= 11 is 0. The molecule has 2 aliphatic heterocycles. The van der Waals surface area contributed by atoms with Gasteiger partial charge in [0.15, 0.2) is 0 Å². The largest absolute Gasteiger partial charge is 0.369 e. The second-order valence-corrected chi connectivity index (χ2v) is 6.49. The minimum Gasteiger partial charge on any atom is -0.369 e.